The van der Waals surface area contributed by atoms with Crippen LogP contribution in [0.5, 0.6) is 0 Å². The summed E-state index contributed by atoms with van der Waals surface area (Å²) in [6.07, 6.45) is 3.00. The van der Waals surface area contributed by atoms with Crippen molar-refractivity contribution in [2.24, 2.45) is 0 Å². The first-order valence-electron chi connectivity index (χ1n) is 6.48. The van der Waals surface area contributed by atoms with E-state index in [1.807, 2.05) is 0 Å². The van der Waals surface area contributed by atoms with Crippen LogP contribution in [-0.4, -0.2) is 19.1 Å². The highest BCUT2D eigenvalue weighted by molar-refractivity contribution is 6.30. The number of unbranched alkanes of at least 4 members (excludes halogenated alkanes) is 2. The third-order valence-electron chi connectivity index (χ3n) is 2.61. The maximum Gasteiger partial charge on any atom is 0.305 e. The lowest BCUT2D eigenvalue weighted by molar-refractivity contribution is -0.143. The van der Waals surface area contributed by atoms with Gasteiger partial charge in [-0.2, -0.15) is 0 Å². The normalized spacial score (nSPS) is 10.3. The van der Waals surface area contributed by atoms with Crippen molar-refractivity contribution < 1.29 is 13.9 Å². The maximum absolute atomic E-state index is 13.4. The highest BCUT2D eigenvalue weighted by Gasteiger charge is 2.03. The van der Waals surface area contributed by atoms with Gasteiger partial charge in [-0.25, -0.2) is 4.39 Å². The van der Waals surface area contributed by atoms with E-state index < -0.39 is 0 Å². The summed E-state index contributed by atoms with van der Waals surface area (Å²) in [6, 6.07) is 4.42. The molecule has 1 N–H and O–H groups in total. The molecule has 0 atom stereocenters. The molecule has 0 radical (unpaired) electrons. The molecule has 0 amide bonds. The number of hydrogen-bond donors (Lipinski definition) is 1. The van der Waals surface area contributed by atoms with Crippen LogP contribution >= 0.6 is 11.6 Å². The fourth-order valence-electron chi connectivity index (χ4n) is 1.66. The number of rotatable bonds is 8. The van der Waals surface area contributed by atoms with Crippen LogP contribution in [-0.2, 0) is 9.53 Å². The van der Waals surface area contributed by atoms with Gasteiger partial charge in [0.05, 0.1) is 12.3 Å². The molecule has 0 saturated carbocycles. The van der Waals surface area contributed by atoms with Gasteiger partial charge in [0.2, 0.25) is 0 Å². The summed E-state index contributed by atoms with van der Waals surface area (Å²) in [5.41, 5.74) is 0.415. The predicted octanol–water partition coefficient (Wildman–Crippen LogP) is 4.01. The van der Waals surface area contributed by atoms with Crippen LogP contribution in [0.15, 0.2) is 18.2 Å². The van der Waals surface area contributed by atoms with Gasteiger partial charge in [0.1, 0.15) is 5.82 Å². The zero-order chi connectivity index (χ0) is 14.1. The second-order valence-electron chi connectivity index (χ2n) is 4.17. The molecule has 0 fully saturated rings. The van der Waals surface area contributed by atoms with Gasteiger partial charge in [0.15, 0.2) is 0 Å². The van der Waals surface area contributed by atoms with Crippen LogP contribution in [0.25, 0.3) is 0 Å². The van der Waals surface area contributed by atoms with Crippen molar-refractivity contribution in [2.45, 2.75) is 32.6 Å². The fourth-order valence-corrected chi connectivity index (χ4v) is 1.83. The molecule has 1 aromatic carbocycles. The lowest BCUT2D eigenvalue weighted by Gasteiger charge is -2.07. The lowest BCUT2D eigenvalue weighted by atomic mass is 10.2. The number of carbonyl (C=O) groups excluding carboxylic acids is 1. The molecule has 5 heteroatoms. The quantitative estimate of drug-likeness (QED) is 0.580. The molecule has 0 aliphatic heterocycles. The van der Waals surface area contributed by atoms with Gasteiger partial charge in [-0.1, -0.05) is 18.0 Å². The number of hydrogen-bond acceptors (Lipinski definition) is 3. The Hall–Kier alpha value is -1.29. The summed E-state index contributed by atoms with van der Waals surface area (Å²) in [4.78, 5) is 11.1. The number of halogens is 2. The molecule has 0 saturated heterocycles. The molecular formula is C14H19ClFNO2. The highest BCUT2D eigenvalue weighted by atomic mass is 35.5. The Morgan fingerprint density at radius 2 is 2.16 bits per heavy atom. The molecule has 1 rings (SSSR count). The number of nitrogens with one attached hydrogen (secondary N) is 1. The molecule has 0 spiro atoms. The minimum atomic E-state index is -0.309. The van der Waals surface area contributed by atoms with Crippen molar-refractivity contribution in [2.75, 3.05) is 18.5 Å². The van der Waals surface area contributed by atoms with Crippen molar-refractivity contribution in [3.05, 3.63) is 29.0 Å². The second-order valence-corrected chi connectivity index (χ2v) is 4.60. The first kappa shape index (κ1) is 15.8. The van der Waals surface area contributed by atoms with Gasteiger partial charge >= 0.3 is 5.97 Å². The predicted molar refractivity (Wildman–Crippen MR) is 75.0 cm³/mol. The van der Waals surface area contributed by atoms with Crippen LogP contribution in [0.2, 0.25) is 5.02 Å². The number of benzene rings is 1. The molecule has 19 heavy (non-hydrogen) atoms. The number of esters is 1. The van der Waals surface area contributed by atoms with E-state index in [1.165, 1.54) is 12.1 Å². The van der Waals surface area contributed by atoms with Crippen molar-refractivity contribution in [3.63, 3.8) is 0 Å². The Morgan fingerprint density at radius 1 is 1.37 bits per heavy atom. The molecule has 3 nitrogen and oxygen atoms in total. The molecule has 106 valence electrons. The third-order valence-corrected chi connectivity index (χ3v) is 2.84. The Morgan fingerprint density at radius 3 is 2.89 bits per heavy atom. The molecule has 0 heterocycles. The Labute approximate surface area is 118 Å². The van der Waals surface area contributed by atoms with Crippen LogP contribution in [0.1, 0.15) is 32.6 Å². The summed E-state index contributed by atoms with van der Waals surface area (Å²) in [7, 11) is 0. The zero-order valence-electron chi connectivity index (χ0n) is 11.0. The summed E-state index contributed by atoms with van der Waals surface area (Å²) in [5.74, 6) is -0.465. The summed E-state index contributed by atoms with van der Waals surface area (Å²) in [6.45, 7) is 2.87. The van der Waals surface area contributed by atoms with E-state index >= 15 is 0 Å². The SMILES string of the molecule is CCOC(=O)CCCCCNc1cc(Cl)ccc1F. The standard InChI is InChI=1S/C14H19ClFNO2/c1-2-19-14(18)6-4-3-5-9-17-13-10-11(15)7-8-12(13)16/h7-8,10,17H,2-6,9H2,1H3. The minimum absolute atomic E-state index is 0.156. The van der Waals surface area contributed by atoms with Gasteiger partial charge in [0, 0.05) is 18.0 Å². The summed E-state index contributed by atoms with van der Waals surface area (Å²) >= 11 is 5.79. The monoisotopic (exact) mass is 287 g/mol. The zero-order valence-corrected chi connectivity index (χ0v) is 11.8. The maximum atomic E-state index is 13.4. The van der Waals surface area contributed by atoms with E-state index in [1.54, 1.807) is 13.0 Å². The van der Waals surface area contributed by atoms with Crippen LogP contribution in [0.4, 0.5) is 10.1 Å². The molecular weight excluding hydrogens is 269 g/mol. The first-order chi connectivity index (χ1) is 9.13. The Kier molecular flexibility index (Phi) is 7.26. The average Bonchev–Trinajstić information content (AvgIpc) is 2.38. The molecule has 0 aromatic heterocycles. The summed E-state index contributed by atoms with van der Waals surface area (Å²) in [5, 5.41) is 3.50. The molecule has 0 unspecified atom stereocenters. The average molecular weight is 288 g/mol. The molecule has 0 bridgehead atoms. The van der Waals surface area contributed by atoms with Crippen LogP contribution in [0.3, 0.4) is 0 Å². The Bertz CT molecular complexity index is 412. The number of ether oxygens (including phenoxy) is 1. The van der Waals surface area contributed by atoms with Crippen LogP contribution < -0.4 is 5.32 Å². The van der Waals surface area contributed by atoms with Gasteiger partial charge < -0.3 is 10.1 Å². The largest absolute Gasteiger partial charge is 0.466 e. The summed E-state index contributed by atoms with van der Waals surface area (Å²) < 4.78 is 18.2. The van der Waals surface area contributed by atoms with Crippen LogP contribution in [0, 0.1) is 5.82 Å². The molecule has 0 aliphatic carbocycles. The van der Waals surface area contributed by atoms with Crippen molar-refractivity contribution in [1.29, 1.82) is 0 Å². The van der Waals surface area contributed by atoms with E-state index in [-0.39, 0.29) is 11.8 Å². The second kappa shape index (κ2) is 8.75. The lowest BCUT2D eigenvalue weighted by Crippen LogP contribution is -2.05. The molecule has 0 aliphatic rings. The first-order valence-corrected chi connectivity index (χ1v) is 6.86. The third kappa shape index (κ3) is 6.43. The van der Waals surface area contributed by atoms with E-state index in [0.717, 1.165) is 19.3 Å². The topological polar surface area (TPSA) is 38.3 Å². The van der Waals surface area contributed by atoms with Gasteiger partial charge in [-0.05, 0) is 38.0 Å². The minimum Gasteiger partial charge on any atom is -0.466 e. The number of carbonyl (C=O) groups is 1. The van der Waals surface area contributed by atoms with Gasteiger partial charge in [-0.15, -0.1) is 0 Å². The van der Waals surface area contributed by atoms with Gasteiger partial charge in [-0.3, -0.25) is 4.79 Å². The van der Waals surface area contributed by atoms with E-state index in [2.05, 4.69) is 5.32 Å². The van der Waals surface area contributed by atoms with E-state index in [4.69, 9.17) is 16.3 Å². The molecule has 1 aromatic rings. The smallest absolute Gasteiger partial charge is 0.305 e. The Balaban J connectivity index is 2.14. The van der Waals surface area contributed by atoms with Gasteiger partial charge in [0.25, 0.3) is 0 Å². The van der Waals surface area contributed by atoms with E-state index in [9.17, 15) is 9.18 Å². The van der Waals surface area contributed by atoms with E-state index in [0.29, 0.717) is 30.3 Å². The van der Waals surface area contributed by atoms with Crippen molar-refractivity contribution in [3.8, 4) is 0 Å². The fraction of sp³-hybridized carbons (Fsp3) is 0.500. The number of anilines is 1. The van der Waals surface area contributed by atoms with Crippen molar-refractivity contribution >= 4 is 23.3 Å². The highest BCUT2D eigenvalue weighted by Crippen LogP contribution is 2.19. The van der Waals surface area contributed by atoms with Crippen molar-refractivity contribution in [1.82, 2.24) is 0 Å².